The number of carbonyl (C=O) groups excluding carboxylic acids is 1. The molecule has 2 aromatic carbocycles. The van der Waals surface area contributed by atoms with Crippen LogP contribution in [0.1, 0.15) is 24.5 Å². The first-order valence-electron chi connectivity index (χ1n) is 8.32. The summed E-state index contributed by atoms with van der Waals surface area (Å²) < 4.78 is 19.3. The molecule has 0 aliphatic heterocycles. The van der Waals surface area contributed by atoms with Gasteiger partial charge in [0.1, 0.15) is 5.82 Å². The van der Waals surface area contributed by atoms with Crippen LogP contribution in [0.4, 0.5) is 4.39 Å². The molecular formula is C21H23FO3. The Hall–Kier alpha value is -2.46. The maximum absolute atomic E-state index is 14.3. The van der Waals surface area contributed by atoms with Gasteiger partial charge in [-0.2, -0.15) is 0 Å². The summed E-state index contributed by atoms with van der Waals surface area (Å²) in [6.07, 6.45) is 1.68. The molecule has 0 aliphatic carbocycles. The lowest BCUT2D eigenvalue weighted by molar-refractivity contribution is -0.139. The van der Waals surface area contributed by atoms with Gasteiger partial charge in [-0.25, -0.2) is 9.18 Å². The van der Waals surface area contributed by atoms with Crippen molar-refractivity contribution in [1.29, 1.82) is 0 Å². The summed E-state index contributed by atoms with van der Waals surface area (Å²) in [5, 5.41) is 8.94. The van der Waals surface area contributed by atoms with Crippen LogP contribution in [-0.4, -0.2) is 24.3 Å². The molecule has 25 heavy (non-hydrogen) atoms. The number of hydrogen-bond donors (Lipinski definition) is 1. The van der Waals surface area contributed by atoms with Crippen molar-refractivity contribution in [2.75, 3.05) is 13.2 Å². The van der Waals surface area contributed by atoms with Crippen molar-refractivity contribution in [2.24, 2.45) is 0 Å². The van der Waals surface area contributed by atoms with E-state index in [4.69, 9.17) is 9.84 Å². The molecule has 0 unspecified atom stereocenters. The molecule has 0 saturated heterocycles. The van der Waals surface area contributed by atoms with E-state index in [0.29, 0.717) is 30.4 Å². The van der Waals surface area contributed by atoms with Crippen molar-refractivity contribution >= 4 is 5.97 Å². The van der Waals surface area contributed by atoms with Gasteiger partial charge in [0.05, 0.1) is 6.61 Å². The predicted octanol–water partition coefficient (Wildman–Crippen LogP) is 4.08. The van der Waals surface area contributed by atoms with Gasteiger partial charge in [0.15, 0.2) is 0 Å². The zero-order chi connectivity index (χ0) is 18.2. The average Bonchev–Trinajstić information content (AvgIpc) is 2.60. The van der Waals surface area contributed by atoms with Crippen LogP contribution in [-0.2, 0) is 22.4 Å². The Bertz CT molecular complexity index is 735. The van der Waals surface area contributed by atoms with E-state index in [9.17, 15) is 9.18 Å². The third-order valence-corrected chi connectivity index (χ3v) is 3.91. The first-order valence-corrected chi connectivity index (χ1v) is 8.32. The Labute approximate surface area is 147 Å². The fourth-order valence-electron chi connectivity index (χ4n) is 2.47. The molecule has 0 heterocycles. The highest BCUT2D eigenvalue weighted by Gasteiger charge is 2.07. The average molecular weight is 342 g/mol. The molecule has 0 bridgehead atoms. The second kappa shape index (κ2) is 9.14. The van der Waals surface area contributed by atoms with Crippen molar-refractivity contribution in [1.82, 2.24) is 0 Å². The molecule has 0 amide bonds. The zero-order valence-corrected chi connectivity index (χ0v) is 14.4. The minimum Gasteiger partial charge on any atom is -0.462 e. The number of halogens is 1. The lowest BCUT2D eigenvalue weighted by Gasteiger charge is -2.08. The molecular weight excluding hydrogens is 319 g/mol. The van der Waals surface area contributed by atoms with E-state index in [0.717, 1.165) is 16.7 Å². The summed E-state index contributed by atoms with van der Waals surface area (Å²) >= 11 is 0. The fraction of sp³-hybridized carbons (Fsp3) is 0.286. The van der Waals surface area contributed by atoms with Crippen LogP contribution < -0.4 is 0 Å². The summed E-state index contributed by atoms with van der Waals surface area (Å²) in [7, 11) is 0. The van der Waals surface area contributed by atoms with E-state index >= 15 is 0 Å². The number of rotatable bonds is 8. The molecule has 0 atom stereocenters. The Morgan fingerprint density at radius 3 is 2.40 bits per heavy atom. The number of carbonyl (C=O) groups is 1. The van der Waals surface area contributed by atoms with Crippen LogP contribution in [0.25, 0.3) is 11.1 Å². The van der Waals surface area contributed by atoms with Crippen LogP contribution in [0.3, 0.4) is 0 Å². The quantitative estimate of drug-likeness (QED) is 0.447. The van der Waals surface area contributed by atoms with E-state index in [1.807, 2.05) is 30.3 Å². The summed E-state index contributed by atoms with van der Waals surface area (Å²) in [5.41, 5.74) is 3.76. The lowest BCUT2D eigenvalue weighted by atomic mass is 10.00. The maximum atomic E-state index is 14.3. The molecule has 3 nitrogen and oxygen atoms in total. The highest BCUT2D eigenvalue weighted by molar-refractivity contribution is 5.86. The largest absolute Gasteiger partial charge is 0.462 e. The zero-order valence-electron chi connectivity index (χ0n) is 14.4. The summed E-state index contributed by atoms with van der Waals surface area (Å²) in [5.74, 6) is -0.677. The van der Waals surface area contributed by atoms with Crippen LogP contribution >= 0.6 is 0 Å². The summed E-state index contributed by atoms with van der Waals surface area (Å²) in [4.78, 5) is 11.3. The lowest BCUT2D eigenvalue weighted by Crippen LogP contribution is -2.07. The second-order valence-corrected chi connectivity index (χ2v) is 6.00. The van der Waals surface area contributed by atoms with Gasteiger partial charge in [-0.15, -0.1) is 0 Å². The van der Waals surface area contributed by atoms with Gasteiger partial charge in [-0.1, -0.05) is 43.0 Å². The number of aryl methyl sites for hydroxylation is 1. The second-order valence-electron chi connectivity index (χ2n) is 6.00. The minimum absolute atomic E-state index is 0.115. The van der Waals surface area contributed by atoms with Crippen LogP contribution in [0.5, 0.6) is 0 Å². The number of ether oxygens (including phenoxy) is 1. The molecule has 0 aliphatic rings. The standard InChI is InChI=1S/C21H23FO3/c1-15(2)21(24)25-13-3-4-18-9-10-19(14-20(18)22)17-7-5-16(6-8-17)11-12-23/h5-10,14,23H,1,3-4,11-13H2,2H3. The van der Waals surface area contributed by atoms with Crippen LogP contribution in [0.15, 0.2) is 54.6 Å². The monoisotopic (exact) mass is 342 g/mol. The molecule has 0 spiro atoms. The summed E-state index contributed by atoms with van der Waals surface area (Å²) in [6.45, 7) is 5.47. The van der Waals surface area contributed by atoms with Crippen molar-refractivity contribution in [3.05, 3.63) is 71.6 Å². The first kappa shape index (κ1) is 18.9. The van der Waals surface area contributed by atoms with Crippen LogP contribution in [0.2, 0.25) is 0 Å². The minimum atomic E-state index is -0.416. The van der Waals surface area contributed by atoms with Gasteiger partial charge in [-0.3, -0.25) is 0 Å². The number of aliphatic hydroxyl groups excluding tert-OH is 1. The van der Waals surface area contributed by atoms with Gasteiger partial charge in [0, 0.05) is 12.2 Å². The SMILES string of the molecule is C=C(C)C(=O)OCCCc1ccc(-c2ccc(CCO)cc2)cc1F. The Morgan fingerprint density at radius 1 is 1.12 bits per heavy atom. The number of aliphatic hydroxyl groups is 1. The molecule has 0 saturated carbocycles. The Morgan fingerprint density at radius 2 is 1.80 bits per heavy atom. The normalized spacial score (nSPS) is 10.5. The number of benzene rings is 2. The fourth-order valence-corrected chi connectivity index (χ4v) is 2.47. The molecule has 4 heteroatoms. The molecule has 0 fully saturated rings. The number of hydrogen-bond acceptors (Lipinski definition) is 3. The predicted molar refractivity (Wildman–Crippen MR) is 96.7 cm³/mol. The Balaban J connectivity index is 1.95. The molecule has 0 aromatic heterocycles. The van der Waals surface area contributed by atoms with E-state index < -0.39 is 5.97 Å². The van der Waals surface area contributed by atoms with E-state index in [1.165, 1.54) is 6.07 Å². The van der Waals surface area contributed by atoms with Crippen molar-refractivity contribution in [2.45, 2.75) is 26.2 Å². The highest BCUT2D eigenvalue weighted by atomic mass is 19.1. The van der Waals surface area contributed by atoms with Gasteiger partial charge >= 0.3 is 5.97 Å². The third-order valence-electron chi connectivity index (χ3n) is 3.91. The van der Waals surface area contributed by atoms with Crippen LogP contribution in [0, 0.1) is 5.82 Å². The van der Waals surface area contributed by atoms with E-state index in [1.54, 1.807) is 13.0 Å². The van der Waals surface area contributed by atoms with E-state index in [2.05, 4.69) is 6.58 Å². The van der Waals surface area contributed by atoms with Gasteiger partial charge in [-0.05, 0) is 54.5 Å². The molecule has 132 valence electrons. The Kier molecular flexibility index (Phi) is 6.90. The van der Waals surface area contributed by atoms with Gasteiger partial charge in [0.2, 0.25) is 0 Å². The highest BCUT2D eigenvalue weighted by Crippen LogP contribution is 2.23. The topological polar surface area (TPSA) is 46.5 Å². The number of esters is 1. The van der Waals surface area contributed by atoms with Crippen molar-refractivity contribution in [3.8, 4) is 11.1 Å². The molecule has 2 rings (SSSR count). The maximum Gasteiger partial charge on any atom is 0.333 e. The van der Waals surface area contributed by atoms with Gasteiger partial charge in [0.25, 0.3) is 0 Å². The summed E-state index contributed by atoms with van der Waals surface area (Å²) in [6, 6.07) is 12.9. The van der Waals surface area contributed by atoms with E-state index in [-0.39, 0.29) is 19.0 Å². The molecule has 0 radical (unpaired) electrons. The molecule has 1 N–H and O–H groups in total. The first-order chi connectivity index (χ1) is 12.0. The third kappa shape index (κ3) is 5.54. The molecule has 2 aromatic rings. The smallest absolute Gasteiger partial charge is 0.333 e. The van der Waals surface area contributed by atoms with Crippen molar-refractivity contribution in [3.63, 3.8) is 0 Å². The van der Waals surface area contributed by atoms with Gasteiger partial charge < -0.3 is 9.84 Å². The van der Waals surface area contributed by atoms with Crippen molar-refractivity contribution < 1.29 is 19.0 Å².